The zero-order chi connectivity index (χ0) is 19.9. The minimum atomic E-state index is -3.65. The molecule has 3 aromatic rings. The zero-order valence-corrected chi connectivity index (χ0v) is 16.8. The molecule has 2 aromatic heterocycles. The van der Waals surface area contributed by atoms with Crippen LogP contribution in [0, 0.1) is 6.92 Å². The Morgan fingerprint density at radius 1 is 1.29 bits per heavy atom. The molecule has 1 N–H and O–H groups in total. The van der Waals surface area contributed by atoms with Gasteiger partial charge in [0.05, 0.1) is 16.8 Å². The lowest BCUT2D eigenvalue weighted by Crippen LogP contribution is -2.30. The van der Waals surface area contributed by atoms with Crippen molar-refractivity contribution in [3.63, 3.8) is 0 Å². The lowest BCUT2D eigenvalue weighted by molar-refractivity contribution is -0.121. The Balaban J connectivity index is 1.63. The van der Waals surface area contributed by atoms with Gasteiger partial charge in [0, 0.05) is 17.5 Å². The summed E-state index contributed by atoms with van der Waals surface area (Å²) in [7, 11) is -2.16. The molecule has 0 aliphatic carbocycles. The average molecular weight is 416 g/mol. The van der Waals surface area contributed by atoms with Gasteiger partial charge in [-0.15, -0.1) is 11.3 Å². The van der Waals surface area contributed by atoms with Gasteiger partial charge in [-0.25, -0.2) is 13.8 Å². The molecule has 0 spiro atoms. The number of fused-ring (bicyclic) bond motifs is 3. The Kier molecular flexibility index (Phi) is 4.52. The van der Waals surface area contributed by atoms with E-state index in [0.717, 1.165) is 4.88 Å². The van der Waals surface area contributed by atoms with E-state index in [4.69, 9.17) is 0 Å². The number of amides is 1. The number of nitrogens with one attached hydrogen (secondary N) is 1. The molecule has 28 heavy (non-hydrogen) atoms. The first-order valence-electron chi connectivity index (χ1n) is 8.40. The maximum Gasteiger partial charge on any atom is 0.264 e. The Bertz CT molecular complexity index is 1180. The van der Waals surface area contributed by atoms with Crippen molar-refractivity contribution in [2.75, 3.05) is 11.4 Å². The summed E-state index contributed by atoms with van der Waals surface area (Å²) in [5.41, 5.74) is 4.62. The number of sulfonamides is 1. The first-order valence-corrected chi connectivity index (χ1v) is 10.7. The fraction of sp³-hybridized carbons (Fsp3) is 0.167. The average Bonchev–Trinajstić information content (AvgIpc) is 3.29. The monoisotopic (exact) mass is 415 g/mol. The molecular formula is C18H17N5O3S2. The molecule has 0 unspecified atom stereocenters. The van der Waals surface area contributed by atoms with Crippen molar-refractivity contribution in [3.8, 4) is 11.3 Å². The van der Waals surface area contributed by atoms with Gasteiger partial charge in [0.15, 0.2) is 0 Å². The first-order chi connectivity index (χ1) is 13.4. The second-order valence-electron chi connectivity index (χ2n) is 6.22. The standard InChI is InChI=1S/C18H17N5O3S2/c1-12-18-17(14-7-3-4-8-15(14)28(25,26)22(18)2)21-23(12)11-16(24)20-19-10-13-6-5-9-27-13/h3-10H,11H2,1-2H3,(H,20,24)/b19-10+. The molecule has 1 aliphatic heterocycles. The molecular weight excluding hydrogens is 398 g/mol. The fourth-order valence-electron chi connectivity index (χ4n) is 3.11. The van der Waals surface area contributed by atoms with Crippen molar-refractivity contribution < 1.29 is 13.2 Å². The van der Waals surface area contributed by atoms with Crippen molar-refractivity contribution >= 4 is 39.2 Å². The summed E-state index contributed by atoms with van der Waals surface area (Å²) in [6, 6.07) is 10.5. The lowest BCUT2D eigenvalue weighted by atomic mass is 10.1. The van der Waals surface area contributed by atoms with E-state index in [1.165, 1.54) is 27.4 Å². The topological polar surface area (TPSA) is 96.7 Å². The number of carbonyl (C=O) groups is 1. The second-order valence-corrected chi connectivity index (χ2v) is 9.13. The van der Waals surface area contributed by atoms with E-state index in [9.17, 15) is 13.2 Å². The second kappa shape index (κ2) is 6.88. The Morgan fingerprint density at radius 3 is 2.82 bits per heavy atom. The van der Waals surface area contributed by atoms with Crippen LogP contribution in [0.4, 0.5) is 5.69 Å². The molecule has 4 rings (SSSR count). The maximum absolute atomic E-state index is 12.8. The van der Waals surface area contributed by atoms with Gasteiger partial charge in [-0.3, -0.25) is 13.8 Å². The van der Waals surface area contributed by atoms with Crippen LogP contribution in [-0.4, -0.2) is 37.4 Å². The van der Waals surface area contributed by atoms with Crippen LogP contribution in [0.3, 0.4) is 0 Å². The van der Waals surface area contributed by atoms with E-state index in [1.54, 1.807) is 37.4 Å². The van der Waals surface area contributed by atoms with Crippen LogP contribution in [0.2, 0.25) is 0 Å². The Labute approximate surface area is 166 Å². The predicted molar refractivity (Wildman–Crippen MR) is 108 cm³/mol. The van der Waals surface area contributed by atoms with Gasteiger partial charge in [-0.05, 0) is 24.4 Å². The van der Waals surface area contributed by atoms with Gasteiger partial charge < -0.3 is 0 Å². The summed E-state index contributed by atoms with van der Waals surface area (Å²) in [6.07, 6.45) is 1.57. The number of hydrazone groups is 1. The van der Waals surface area contributed by atoms with E-state index < -0.39 is 10.0 Å². The molecule has 0 saturated carbocycles. The van der Waals surface area contributed by atoms with E-state index in [-0.39, 0.29) is 17.3 Å². The van der Waals surface area contributed by atoms with Crippen LogP contribution in [0.15, 0.2) is 51.8 Å². The number of carbonyl (C=O) groups excluding carboxylic acids is 1. The summed E-state index contributed by atoms with van der Waals surface area (Å²) >= 11 is 1.51. The number of hydrogen-bond acceptors (Lipinski definition) is 6. The van der Waals surface area contributed by atoms with Crippen LogP contribution >= 0.6 is 11.3 Å². The summed E-state index contributed by atoms with van der Waals surface area (Å²) < 4.78 is 28.3. The summed E-state index contributed by atoms with van der Waals surface area (Å²) in [5.74, 6) is -0.352. The van der Waals surface area contributed by atoms with Crippen LogP contribution in [0.1, 0.15) is 10.6 Å². The van der Waals surface area contributed by atoms with Crippen molar-refractivity contribution in [2.24, 2.45) is 5.10 Å². The van der Waals surface area contributed by atoms with E-state index in [0.29, 0.717) is 22.6 Å². The highest BCUT2D eigenvalue weighted by Gasteiger charge is 2.36. The number of benzene rings is 1. The Morgan fingerprint density at radius 2 is 2.07 bits per heavy atom. The molecule has 0 saturated heterocycles. The molecule has 0 bridgehead atoms. The third-order valence-electron chi connectivity index (χ3n) is 4.49. The van der Waals surface area contributed by atoms with Gasteiger partial charge in [-0.1, -0.05) is 24.3 Å². The molecule has 0 radical (unpaired) electrons. The highest BCUT2D eigenvalue weighted by molar-refractivity contribution is 7.93. The van der Waals surface area contributed by atoms with Gasteiger partial charge in [0.1, 0.15) is 17.9 Å². The zero-order valence-electron chi connectivity index (χ0n) is 15.2. The van der Waals surface area contributed by atoms with Crippen molar-refractivity contribution in [3.05, 3.63) is 52.3 Å². The van der Waals surface area contributed by atoms with Crippen LogP contribution in [0.25, 0.3) is 11.3 Å². The highest BCUT2D eigenvalue weighted by Crippen LogP contribution is 2.43. The van der Waals surface area contributed by atoms with Gasteiger partial charge in [0.2, 0.25) is 0 Å². The van der Waals surface area contributed by atoms with Gasteiger partial charge in [0.25, 0.3) is 15.9 Å². The molecule has 8 nitrogen and oxygen atoms in total. The number of aromatic nitrogens is 2. The van der Waals surface area contributed by atoms with Crippen LogP contribution in [0.5, 0.6) is 0 Å². The SMILES string of the molecule is Cc1c2c(nn1CC(=O)N/N=C/c1cccs1)-c1ccccc1S(=O)(=O)N2C. The molecule has 10 heteroatoms. The van der Waals surface area contributed by atoms with E-state index in [1.807, 2.05) is 17.5 Å². The minimum Gasteiger partial charge on any atom is -0.271 e. The van der Waals surface area contributed by atoms with Crippen LogP contribution in [-0.2, 0) is 21.4 Å². The lowest BCUT2D eigenvalue weighted by Gasteiger charge is -2.26. The summed E-state index contributed by atoms with van der Waals surface area (Å²) in [5, 5.41) is 10.4. The summed E-state index contributed by atoms with van der Waals surface area (Å²) in [6.45, 7) is 1.67. The molecule has 3 heterocycles. The molecule has 1 aliphatic rings. The molecule has 1 aromatic carbocycles. The Hall–Kier alpha value is -2.98. The number of thiophene rings is 1. The molecule has 0 fully saturated rings. The fourth-order valence-corrected chi connectivity index (χ4v) is 5.14. The smallest absolute Gasteiger partial charge is 0.264 e. The molecule has 1 amide bonds. The van der Waals surface area contributed by atoms with Gasteiger partial charge in [-0.2, -0.15) is 10.2 Å². The van der Waals surface area contributed by atoms with Crippen molar-refractivity contribution in [1.82, 2.24) is 15.2 Å². The van der Waals surface area contributed by atoms with Crippen molar-refractivity contribution in [1.29, 1.82) is 0 Å². The third-order valence-corrected chi connectivity index (χ3v) is 7.11. The first kappa shape index (κ1) is 18.4. The largest absolute Gasteiger partial charge is 0.271 e. The number of rotatable bonds is 4. The maximum atomic E-state index is 12.8. The quantitative estimate of drug-likeness (QED) is 0.522. The third kappa shape index (κ3) is 3.00. The predicted octanol–water partition coefficient (Wildman–Crippen LogP) is 2.21. The minimum absolute atomic E-state index is 0.0727. The van der Waals surface area contributed by atoms with Crippen molar-refractivity contribution in [2.45, 2.75) is 18.4 Å². The number of nitrogens with zero attached hydrogens (tertiary/aromatic N) is 4. The number of hydrogen-bond donors (Lipinski definition) is 1. The molecule has 0 atom stereocenters. The highest BCUT2D eigenvalue weighted by atomic mass is 32.2. The summed E-state index contributed by atoms with van der Waals surface area (Å²) in [4.78, 5) is 13.4. The number of anilines is 1. The van der Waals surface area contributed by atoms with Gasteiger partial charge >= 0.3 is 0 Å². The van der Waals surface area contributed by atoms with E-state index >= 15 is 0 Å². The molecule has 144 valence electrons. The van der Waals surface area contributed by atoms with Crippen LogP contribution < -0.4 is 9.73 Å². The normalized spacial score (nSPS) is 14.7. The van der Waals surface area contributed by atoms with E-state index in [2.05, 4.69) is 15.6 Å².